The van der Waals surface area contributed by atoms with E-state index in [1.54, 1.807) is 4.52 Å². The van der Waals surface area contributed by atoms with E-state index in [0.717, 1.165) is 16.8 Å². The Hall–Kier alpha value is -1.16. The highest BCUT2D eigenvalue weighted by Gasteiger charge is 2.07. The van der Waals surface area contributed by atoms with Crippen LogP contribution in [0.5, 0.6) is 0 Å². The average molecular weight is 166 g/mol. The van der Waals surface area contributed by atoms with Gasteiger partial charge in [-0.25, -0.2) is 4.52 Å². The minimum absolute atomic E-state index is 0.708. The predicted molar refractivity (Wildman–Crippen MR) is 43.2 cm³/mol. The summed E-state index contributed by atoms with van der Waals surface area (Å²) in [6, 6.07) is 0. The highest BCUT2D eigenvalue weighted by atomic mass is 32.1. The molecule has 2 rings (SSSR count). The highest BCUT2D eigenvalue weighted by molar-refractivity contribution is 7.15. The standard InChI is InChI=1S/C7H6N2OS/c1-5-6(4-10)7-9(8-5)2-3-11-7/h2-4H,1H3. The maximum absolute atomic E-state index is 10.6. The number of aromatic nitrogens is 2. The van der Waals surface area contributed by atoms with Crippen LogP contribution >= 0.6 is 11.3 Å². The molecule has 2 aromatic rings. The molecule has 0 aliphatic rings. The van der Waals surface area contributed by atoms with Crippen LogP contribution in [0.25, 0.3) is 4.83 Å². The van der Waals surface area contributed by atoms with Crippen LogP contribution in [0.4, 0.5) is 0 Å². The second kappa shape index (κ2) is 2.17. The SMILES string of the molecule is Cc1nn2ccsc2c1C=O. The summed E-state index contributed by atoms with van der Waals surface area (Å²) in [5.41, 5.74) is 1.51. The first kappa shape index (κ1) is 6.54. The molecule has 2 heterocycles. The molecule has 0 spiro atoms. The maximum Gasteiger partial charge on any atom is 0.154 e. The Morgan fingerprint density at radius 3 is 3.27 bits per heavy atom. The normalized spacial score (nSPS) is 10.6. The zero-order chi connectivity index (χ0) is 7.84. The van der Waals surface area contributed by atoms with Gasteiger partial charge >= 0.3 is 0 Å². The van der Waals surface area contributed by atoms with Crippen LogP contribution < -0.4 is 0 Å². The number of fused-ring (bicyclic) bond motifs is 1. The third-order valence-corrected chi connectivity index (χ3v) is 2.47. The molecule has 2 aromatic heterocycles. The van der Waals surface area contributed by atoms with E-state index in [2.05, 4.69) is 5.10 Å². The average Bonchev–Trinajstić information content (AvgIpc) is 2.46. The maximum atomic E-state index is 10.6. The Labute approximate surface area is 67.3 Å². The zero-order valence-electron chi connectivity index (χ0n) is 5.94. The number of thiazole rings is 1. The molecule has 0 N–H and O–H groups in total. The number of carbonyl (C=O) groups is 1. The fourth-order valence-electron chi connectivity index (χ4n) is 1.05. The van der Waals surface area contributed by atoms with E-state index in [1.807, 2.05) is 18.5 Å². The van der Waals surface area contributed by atoms with Gasteiger partial charge in [0.25, 0.3) is 0 Å². The minimum atomic E-state index is 0.708. The predicted octanol–water partition coefficient (Wildman–Crippen LogP) is 1.52. The summed E-state index contributed by atoms with van der Waals surface area (Å²) in [7, 11) is 0. The van der Waals surface area contributed by atoms with Crippen molar-refractivity contribution in [2.45, 2.75) is 6.92 Å². The Morgan fingerprint density at radius 2 is 2.55 bits per heavy atom. The van der Waals surface area contributed by atoms with Crippen molar-refractivity contribution in [3.8, 4) is 0 Å². The van der Waals surface area contributed by atoms with Gasteiger partial charge in [-0.15, -0.1) is 11.3 Å². The molecule has 0 radical (unpaired) electrons. The summed E-state index contributed by atoms with van der Waals surface area (Å²) < 4.78 is 1.73. The number of aldehydes is 1. The lowest BCUT2D eigenvalue weighted by atomic mass is 10.3. The van der Waals surface area contributed by atoms with Gasteiger partial charge in [-0.2, -0.15) is 5.10 Å². The fourth-order valence-corrected chi connectivity index (χ4v) is 1.88. The Morgan fingerprint density at radius 1 is 1.73 bits per heavy atom. The molecule has 4 heteroatoms. The third-order valence-electron chi connectivity index (χ3n) is 1.59. The van der Waals surface area contributed by atoms with Crippen LogP contribution in [-0.2, 0) is 0 Å². The van der Waals surface area contributed by atoms with Crippen LogP contribution in [0.15, 0.2) is 11.6 Å². The molecule has 0 bridgehead atoms. The van der Waals surface area contributed by atoms with E-state index in [9.17, 15) is 4.79 Å². The number of carbonyl (C=O) groups excluding carboxylic acids is 1. The number of rotatable bonds is 1. The lowest BCUT2D eigenvalue weighted by Gasteiger charge is -1.79. The molecular formula is C7H6N2OS. The van der Waals surface area contributed by atoms with Gasteiger partial charge in [0.15, 0.2) is 6.29 Å². The van der Waals surface area contributed by atoms with E-state index in [0.29, 0.717) is 5.56 Å². The van der Waals surface area contributed by atoms with Gasteiger partial charge in [0.05, 0.1) is 11.3 Å². The van der Waals surface area contributed by atoms with Crippen molar-refractivity contribution in [3.63, 3.8) is 0 Å². The summed E-state index contributed by atoms with van der Waals surface area (Å²) >= 11 is 1.53. The van der Waals surface area contributed by atoms with Crippen molar-refractivity contribution in [3.05, 3.63) is 22.8 Å². The van der Waals surface area contributed by atoms with Crippen molar-refractivity contribution in [2.75, 3.05) is 0 Å². The molecule has 0 aromatic carbocycles. The van der Waals surface area contributed by atoms with Gasteiger partial charge in [0, 0.05) is 11.6 Å². The van der Waals surface area contributed by atoms with E-state index in [1.165, 1.54) is 11.3 Å². The van der Waals surface area contributed by atoms with Gasteiger partial charge in [0.1, 0.15) is 4.83 Å². The molecule has 0 amide bonds. The van der Waals surface area contributed by atoms with Crippen LogP contribution in [0.1, 0.15) is 16.1 Å². The van der Waals surface area contributed by atoms with E-state index >= 15 is 0 Å². The van der Waals surface area contributed by atoms with E-state index < -0.39 is 0 Å². The second-order valence-corrected chi connectivity index (χ2v) is 3.16. The molecular weight excluding hydrogens is 160 g/mol. The van der Waals surface area contributed by atoms with Crippen LogP contribution in [0.2, 0.25) is 0 Å². The van der Waals surface area contributed by atoms with Crippen LogP contribution in [0.3, 0.4) is 0 Å². The molecule has 0 atom stereocenters. The molecule has 0 saturated heterocycles. The molecule has 0 unspecified atom stereocenters. The molecule has 0 fully saturated rings. The number of nitrogens with zero attached hydrogens (tertiary/aromatic N) is 2. The molecule has 0 aliphatic carbocycles. The van der Waals surface area contributed by atoms with Crippen molar-refractivity contribution in [2.24, 2.45) is 0 Å². The summed E-state index contributed by atoms with van der Waals surface area (Å²) in [6.07, 6.45) is 2.70. The second-order valence-electron chi connectivity index (χ2n) is 2.27. The molecule has 11 heavy (non-hydrogen) atoms. The van der Waals surface area contributed by atoms with Gasteiger partial charge < -0.3 is 0 Å². The van der Waals surface area contributed by atoms with Crippen molar-refractivity contribution in [1.29, 1.82) is 0 Å². The van der Waals surface area contributed by atoms with Crippen LogP contribution in [0, 0.1) is 6.92 Å². The summed E-state index contributed by atoms with van der Waals surface area (Å²) in [5, 5.41) is 6.05. The Kier molecular flexibility index (Phi) is 1.29. The third kappa shape index (κ3) is 0.793. The lowest BCUT2D eigenvalue weighted by molar-refractivity contribution is 0.112. The van der Waals surface area contributed by atoms with Crippen LogP contribution in [-0.4, -0.2) is 15.9 Å². The Balaban J connectivity index is 2.90. The summed E-state index contributed by atoms with van der Waals surface area (Å²) in [4.78, 5) is 11.5. The minimum Gasteiger partial charge on any atom is -0.298 e. The quantitative estimate of drug-likeness (QED) is 0.602. The number of hydrogen-bond acceptors (Lipinski definition) is 3. The van der Waals surface area contributed by atoms with Crippen molar-refractivity contribution in [1.82, 2.24) is 9.61 Å². The van der Waals surface area contributed by atoms with Crippen molar-refractivity contribution >= 4 is 22.5 Å². The summed E-state index contributed by atoms with van der Waals surface area (Å²) in [6.45, 7) is 1.84. The highest BCUT2D eigenvalue weighted by Crippen LogP contribution is 2.17. The first-order valence-electron chi connectivity index (χ1n) is 3.20. The first-order chi connectivity index (χ1) is 5.33. The largest absolute Gasteiger partial charge is 0.298 e. The number of aryl methyl sites for hydroxylation is 1. The lowest BCUT2D eigenvalue weighted by Crippen LogP contribution is -1.79. The molecule has 0 aliphatic heterocycles. The number of hydrogen-bond donors (Lipinski definition) is 0. The molecule has 3 nitrogen and oxygen atoms in total. The first-order valence-corrected chi connectivity index (χ1v) is 4.08. The van der Waals surface area contributed by atoms with Gasteiger partial charge in [0.2, 0.25) is 0 Å². The fraction of sp³-hybridized carbons (Fsp3) is 0.143. The monoisotopic (exact) mass is 166 g/mol. The zero-order valence-corrected chi connectivity index (χ0v) is 6.76. The smallest absolute Gasteiger partial charge is 0.154 e. The van der Waals surface area contributed by atoms with E-state index in [4.69, 9.17) is 0 Å². The van der Waals surface area contributed by atoms with Gasteiger partial charge in [-0.1, -0.05) is 0 Å². The van der Waals surface area contributed by atoms with Crippen molar-refractivity contribution < 1.29 is 4.79 Å². The topological polar surface area (TPSA) is 34.4 Å². The van der Waals surface area contributed by atoms with E-state index in [-0.39, 0.29) is 0 Å². The Bertz CT molecular complexity index is 401. The van der Waals surface area contributed by atoms with Gasteiger partial charge in [-0.05, 0) is 6.92 Å². The summed E-state index contributed by atoms with van der Waals surface area (Å²) in [5.74, 6) is 0. The molecule has 56 valence electrons. The molecule has 0 saturated carbocycles. The van der Waals surface area contributed by atoms with Gasteiger partial charge in [-0.3, -0.25) is 4.79 Å².